The maximum Gasteiger partial charge on any atom is 0.240 e. The molecule has 1 amide bonds. The molecule has 128 valence electrons. The molecule has 1 heterocycles. The fraction of sp³-hybridized carbons (Fsp3) is 0.632. The predicted molar refractivity (Wildman–Crippen MR) is 93.4 cm³/mol. The van der Waals surface area contributed by atoms with Crippen LogP contribution in [0.1, 0.15) is 39.2 Å². The lowest BCUT2D eigenvalue weighted by Gasteiger charge is -2.36. The molecule has 1 fully saturated rings. The van der Waals surface area contributed by atoms with Gasteiger partial charge in [-0.3, -0.25) is 4.79 Å². The highest BCUT2D eigenvalue weighted by Crippen LogP contribution is 2.28. The van der Waals surface area contributed by atoms with Gasteiger partial charge in [-0.1, -0.05) is 39.0 Å². The van der Waals surface area contributed by atoms with Gasteiger partial charge in [0, 0.05) is 13.1 Å². The van der Waals surface area contributed by atoms with Gasteiger partial charge in [-0.05, 0) is 42.2 Å². The van der Waals surface area contributed by atoms with Gasteiger partial charge in [0.2, 0.25) is 5.91 Å². The monoisotopic (exact) mass is 318 g/mol. The Kier molecular flexibility index (Phi) is 5.69. The summed E-state index contributed by atoms with van der Waals surface area (Å²) in [6.45, 7) is 7.67. The Morgan fingerprint density at radius 3 is 2.48 bits per heavy atom. The van der Waals surface area contributed by atoms with Crippen molar-refractivity contribution in [3.63, 3.8) is 0 Å². The Morgan fingerprint density at radius 2 is 1.91 bits per heavy atom. The Morgan fingerprint density at radius 1 is 1.30 bits per heavy atom. The topological polar surface area (TPSA) is 55.6 Å². The minimum absolute atomic E-state index is 0.0910. The third-order valence-corrected chi connectivity index (χ3v) is 4.83. The van der Waals surface area contributed by atoms with E-state index < -0.39 is 6.04 Å². The zero-order chi connectivity index (χ0) is 17.0. The first-order valence-electron chi connectivity index (χ1n) is 8.49. The second kappa shape index (κ2) is 7.35. The first-order chi connectivity index (χ1) is 10.8. The molecule has 0 spiro atoms. The lowest BCUT2D eigenvalue weighted by Crippen LogP contribution is -2.52. The number of hydrogen-bond donors (Lipinski definition) is 1. The molecule has 0 saturated carbocycles. The lowest BCUT2D eigenvalue weighted by atomic mass is 9.85. The van der Waals surface area contributed by atoms with E-state index in [4.69, 9.17) is 10.5 Å². The van der Waals surface area contributed by atoms with E-state index in [-0.39, 0.29) is 11.3 Å². The number of benzene rings is 1. The normalized spacial score (nSPS) is 17.9. The van der Waals surface area contributed by atoms with Crippen molar-refractivity contribution in [3.8, 4) is 5.75 Å². The maximum atomic E-state index is 12.5. The van der Waals surface area contributed by atoms with E-state index in [1.54, 1.807) is 7.11 Å². The smallest absolute Gasteiger partial charge is 0.240 e. The van der Waals surface area contributed by atoms with Crippen molar-refractivity contribution in [1.29, 1.82) is 0 Å². The molecular weight excluding hydrogens is 288 g/mol. The molecule has 0 aromatic heterocycles. The number of carbonyl (C=O) groups is 1. The van der Waals surface area contributed by atoms with Gasteiger partial charge in [0.05, 0.1) is 13.2 Å². The van der Waals surface area contributed by atoms with Crippen LogP contribution in [-0.2, 0) is 11.2 Å². The fourth-order valence-electron chi connectivity index (χ4n) is 3.11. The number of nitrogens with two attached hydrogens (primary N) is 1. The number of rotatable bonds is 4. The molecule has 2 N–H and O–H groups in total. The van der Waals surface area contributed by atoms with Crippen molar-refractivity contribution in [1.82, 2.24) is 4.90 Å². The van der Waals surface area contributed by atoms with Crippen molar-refractivity contribution in [2.75, 3.05) is 20.2 Å². The van der Waals surface area contributed by atoms with E-state index in [2.05, 4.69) is 12.1 Å². The van der Waals surface area contributed by atoms with Crippen molar-refractivity contribution in [2.45, 2.75) is 46.1 Å². The Labute approximate surface area is 140 Å². The quantitative estimate of drug-likeness (QED) is 0.929. The average Bonchev–Trinajstić information content (AvgIpc) is 2.54. The first kappa shape index (κ1) is 17.8. The summed E-state index contributed by atoms with van der Waals surface area (Å²) in [5, 5.41) is 0. The van der Waals surface area contributed by atoms with E-state index >= 15 is 0 Å². The molecule has 1 saturated heterocycles. The Balaban J connectivity index is 1.90. The van der Waals surface area contributed by atoms with Crippen LogP contribution in [0.3, 0.4) is 0 Å². The van der Waals surface area contributed by atoms with E-state index in [9.17, 15) is 4.79 Å². The zero-order valence-corrected chi connectivity index (χ0v) is 14.8. The van der Waals surface area contributed by atoms with E-state index in [1.807, 2.05) is 37.8 Å². The number of carbonyl (C=O) groups excluding carboxylic acids is 1. The first-order valence-corrected chi connectivity index (χ1v) is 8.49. The van der Waals surface area contributed by atoms with Crippen molar-refractivity contribution in [3.05, 3.63) is 29.8 Å². The molecule has 4 nitrogen and oxygen atoms in total. The summed E-state index contributed by atoms with van der Waals surface area (Å²) in [5.74, 6) is 1.65. The third-order valence-electron chi connectivity index (χ3n) is 4.83. The number of likely N-dealkylation sites (tertiary alicyclic amines) is 1. The molecule has 0 bridgehead atoms. The van der Waals surface area contributed by atoms with Gasteiger partial charge < -0.3 is 15.4 Å². The largest absolute Gasteiger partial charge is 0.496 e. The standard InChI is InChI=1S/C19H30N2O2/c1-19(2,3)17(20)18(22)21-11-9-14(10-12-21)13-15-7-5-6-8-16(15)23-4/h5-8,14,17H,9-13,20H2,1-4H3/t17-/m1/s1. The van der Waals surface area contributed by atoms with Gasteiger partial charge in [-0.2, -0.15) is 0 Å². The molecule has 1 aromatic carbocycles. The number of methoxy groups -OCH3 is 1. The van der Waals surface area contributed by atoms with Crippen molar-refractivity contribution in [2.24, 2.45) is 17.1 Å². The van der Waals surface area contributed by atoms with Crippen LogP contribution in [-0.4, -0.2) is 37.0 Å². The van der Waals surface area contributed by atoms with Crippen LogP contribution in [0.5, 0.6) is 5.75 Å². The fourth-order valence-corrected chi connectivity index (χ4v) is 3.11. The van der Waals surface area contributed by atoms with Crippen LogP contribution in [0.25, 0.3) is 0 Å². The second-order valence-electron chi connectivity index (χ2n) is 7.63. The maximum absolute atomic E-state index is 12.5. The molecular formula is C19H30N2O2. The number of nitrogens with zero attached hydrogens (tertiary/aromatic N) is 1. The minimum atomic E-state index is -0.423. The molecule has 1 atom stereocenters. The van der Waals surface area contributed by atoms with E-state index in [0.717, 1.165) is 38.1 Å². The van der Waals surface area contributed by atoms with Gasteiger partial charge in [0.15, 0.2) is 0 Å². The molecule has 1 aliphatic rings. The van der Waals surface area contributed by atoms with Gasteiger partial charge in [-0.25, -0.2) is 0 Å². The molecule has 1 aliphatic heterocycles. The average molecular weight is 318 g/mol. The van der Waals surface area contributed by atoms with Crippen LogP contribution >= 0.6 is 0 Å². The Bertz CT molecular complexity index is 528. The van der Waals surface area contributed by atoms with Crippen LogP contribution in [0.4, 0.5) is 0 Å². The van der Waals surface area contributed by atoms with E-state index in [1.165, 1.54) is 5.56 Å². The van der Waals surface area contributed by atoms with Gasteiger partial charge in [-0.15, -0.1) is 0 Å². The predicted octanol–water partition coefficient (Wildman–Crippen LogP) is 2.85. The number of amides is 1. The van der Waals surface area contributed by atoms with Crippen LogP contribution < -0.4 is 10.5 Å². The van der Waals surface area contributed by atoms with Crippen LogP contribution in [0, 0.1) is 11.3 Å². The summed E-state index contributed by atoms with van der Waals surface area (Å²) in [6, 6.07) is 7.77. The highest BCUT2D eigenvalue weighted by Gasteiger charge is 2.33. The minimum Gasteiger partial charge on any atom is -0.496 e. The van der Waals surface area contributed by atoms with Gasteiger partial charge >= 0.3 is 0 Å². The summed E-state index contributed by atoms with van der Waals surface area (Å²) in [4.78, 5) is 14.4. The van der Waals surface area contributed by atoms with Crippen LogP contribution in [0.15, 0.2) is 24.3 Å². The molecule has 0 unspecified atom stereocenters. The third kappa shape index (κ3) is 4.47. The van der Waals surface area contributed by atoms with Gasteiger partial charge in [0.25, 0.3) is 0 Å². The summed E-state index contributed by atoms with van der Waals surface area (Å²) in [5.41, 5.74) is 7.18. The molecule has 2 rings (SSSR count). The number of para-hydroxylation sites is 1. The molecule has 23 heavy (non-hydrogen) atoms. The summed E-state index contributed by atoms with van der Waals surface area (Å²) < 4.78 is 5.43. The van der Waals surface area contributed by atoms with E-state index in [0.29, 0.717) is 5.92 Å². The van der Waals surface area contributed by atoms with Crippen molar-refractivity contribution < 1.29 is 9.53 Å². The zero-order valence-electron chi connectivity index (χ0n) is 14.8. The summed E-state index contributed by atoms with van der Waals surface area (Å²) in [6.07, 6.45) is 3.07. The van der Waals surface area contributed by atoms with Crippen molar-refractivity contribution >= 4 is 5.91 Å². The summed E-state index contributed by atoms with van der Waals surface area (Å²) in [7, 11) is 1.72. The molecule has 0 aliphatic carbocycles. The highest BCUT2D eigenvalue weighted by atomic mass is 16.5. The Hall–Kier alpha value is -1.55. The lowest BCUT2D eigenvalue weighted by molar-refractivity contribution is -0.136. The number of ether oxygens (including phenoxy) is 1. The van der Waals surface area contributed by atoms with Crippen LogP contribution in [0.2, 0.25) is 0 Å². The highest BCUT2D eigenvalue weighted by molar-refractivity contribution is 5.82. The second-order valence-corrected chi connectivity index (χ2v) is 7.63. The SMILES string of the molecule is COc1ccccc1CC1CCN(C(=O)[C@@H](N)C(C)(C)C)CC1. The number of hydrogen-bond acceptors (Lipinski definition) is 3. The summed E-state index contributed by atoms with van der Waals surface area (Å²) >= 11 is 0. The molecule has 1 aromatic rings. The van der Waals surface area contributed by atoms with Gasteiger partial charge in [0.1, 0.15) is 5.75 Å². The number of piperidine rings is 1. The molecule has 4 heteroatoms. The molecule has 0 radical (unpaired) electrons.